The molecule has 1 aromatic heterocycles. The lowest BCUT2D eigenvalue weighted by molar-refractivity contribution is -0.153. The Morgan fingerprint density at radius 1 is 1.16 bits per heavy atom. The molecule has 1 fully saturated rings. The molecule has 0 aliphatic carbocycles. The second-order valence-corrected chi connectivity index (χ2v) is 11.2. The average Bonchev–Trinajstić information content (AvgIpc) is 3.65. The maximum absolute atomic E-state index is 13.0. The normalized spacial score (nSPS) is 20.1. The summed E-state index contributed by atoms with van der Waals surface area (Å²) in [6, 6.07) is 17.2. The highest BCUT2D eigenvalue weighted by Crippen LogP contribution is 2.36. The van der Waals surface area contributed by atoms with Gasteiger partial charge >= 0.3 is 0 Å². The van der Waals surface area contributed by atoms with Crippen LogP contribution < -0.4 is 15.5 Å². The van der Waals surface area contributed by atoms with Gasteiger partial charge in [0.2, 0.25) is 0 Å². The molecule has 0 bridgehead atoms. The number of nitrogens with one attached hydrogen (secondary N) is 2. The van der Waals surface area contributed by atoms with E-state index in [1.54, 1.807) is 12.1 Å². The third-order valence-electron chi connectivity index (χ3n) is 7.13. The van der Waals surface area contributed by atoms with E-state index < -0.39 is 24.0 Å². The zero-order valence-corrected chi connectivity index (χ0v) is 22.6. The van der Waals surface area contributed by atoms with Crippen LogP contribution in [0.4, 0.5) is 11.4 Å². The van der Waals surface area contributed by atoms with E-state index in [0.717, 1.165) is 46.8 Å². The summed E-state index contributed by atoms with van der Waals surface area (Å²) in [7, 11) is 0. The van der Waals surface area contributed by atoms with E-state index >= 15 is 0 Å². The summed E-state index contributed by atoms with van der Waals surface area (Å²) in [6.45, 7) is 3.46. The van der Waals surface area contributed by atoms with Gasteiger partial charge in [0.1, 0.15) is 0 Å². The number of carbonyl (C=O) groups is 2. The highest BCUT2D eigenvalue weighted by atomic mass is 35.5. The summed E-state index contributed by atoms with van der Waals surface area (Å²) >= 11 is 7.62. The van der Waals surface area contributed by atoms with Crippen molar-refractivity contribution in [1.29, 1.82) is 0 Å². The van der Waals surface area contributed by atoms with Gasteiger partial charge in [0.25, 0.3) is 11.8 Å². The Bertz CT molecular complexity index is 1320. The van der Waals surface area contributed by atoms with Crippen LogP contribution in [0.2, 0.25) is 5.02 Å². The molecule has 2 aliphatic rings. The molecule has 1 unspecified atom stereocenters. The summed E-state index contributed by atoms with van der Waals surface area (Å²) in [5, 5.41) is 29.8. The van der Waals surface area contributed by atoms with E-state index in [9.17, 15) is 19.8 Å². The number of anilines is 2. The van der Waals surface area contributed by atoms with Crippen LogP contribution in [0.15, 0.2) is 60.0 Å². The SMILES string of the molecule is CC1Nc2ccccc2N1Cc1csc(CNC(=O)[C@H](O)[C@@H](O)C(=O)N2CCC[C@@H]2c2cccc(Cl)c2)c1. The molecule has 38 heavy (non-hydrogen) atoms. The Hall–Kier alpha value is -3.11. The number of para-hydroxylation sites is 2. The topological polar surface area (TPSA) is 105 Å². The van der Waals surface area contributed by atoms with Crippen molar-refractivity contribution in [2.24, 2.45) is 0 Å². The second-order valence-electron chi connectivity index (χ2n) is 9.74. The smallest absolute Gasteiger partial charge is 0.255 e. The van der Waals surface area contributed by atoms with Crippen molar-refractivity contribution < 1.29 is 19.8 Å². The third kappa shape index (κ3) is 5.51. The molecule has 2 aliphatic heterocycles. The Labute approximate surface area is 230 Å². The lowest BCUT2D eigenvalue weighted by atomic mass is 10.0. The van der Waals surface area contributed by atoms with Crippen LogP contribution in [0, 0.1) is 0 Å². The number of carbonyl (C=O) groups excluding carboxylic acids is 2. The van der Waals surface area contributed by atoms with Crippen molar-refractivity contribution in [1.82, 2.24) is 10.2 Å². The van der Waals surface area contributed by atoms with Gasteiger partial charge in [-0.1, -0.05) is 35.9 Å². The van der Waals surface area contributed by atoms with E-state index in [2.05, 4.69) is 34.6 Å². The predicted molar refractivity (Wildman–Crippen MR) is 149 cm³/mol. The molecule has 200 valence electrons. The summed E-state index contributed by atoms with van der Waals surface area (Å²) in [5.41, 5.74) is 4.24. The van der Waals surface area contributed by atoms with Crippen LogP contribution in [0.5, 0.6) is 0 Å². The molecular formula is C28H31ClN4O4S. The molecule has 3 heterocycles. The fourth-order valence-corrected chi connectivity index (χ4v) is 6.22. The zero-order valence-electron chi connectivity index (χ0n) is 21.0. The van der Waals surface area contributed by atoms with Crippen LogP contribution in [-0.2, 0) is 22.7 Å². The van der Waals surface area contributed by atoms with E-state index in [4.69, 9.17) is 11.6 Å². The van der Waals surface area contributed by atoms with Gasteiger partial charge in [-0.3, -0.25) is 9.59 Å². The van der Waals surface area contributed by atoms with Gasteiger partial charge < -0.3 is 30.6 Å². The molecule has 8 nitrogen and oxygen atoms in total. The first-order valence-corrected chi connectivity index (χ1v) is 14.0. The van der Waals surface area contributed by atoms with E-state index in [0.29, 0.717) is 11.6 Å². The van der Waals surface area contributed by atoms with Gasteiger partial charge in [-0.05, 0) is 66.6 Å². The van der Waals surface area contributed by atoms with E-state index in [-0.39, 0.29) is 18.8 Å². The number of amides is 2. The number of hydrogen-bond acceptors (Lipinski definition) is 7. The molecular weight excluding hydrogens is 524 g/mol. The maximum atomic E-state index is 13.0. The number of nitrogens with zero attached hydrogens (tertiary/aromatic N) is 2. The molecule has 4 N–H and O–H groups in total. The highest BCUT2D eigenvalue weighted by Gasteiger charge is 2.38. The first kappa shape index (κ1) is 26.5. The van der Waals surface area contributed by atoms with Gasteiger partial charge in [-0.15, -0.1) is 11.3 Å². The molecule has 3 aromatic rings. The number of thiophene rings is 1. The Morgan fingerprint density at radius 2 is 1.97 bits per heavy atom. The first-order chi connectivity index (χ1) is 18.3. The largest absolute Gasteiger partial charge is 0.380 e. The predicted octanol–water partition coefficient (Wildman–Crippen LogP) is 3.88. The molecule has 10 heteroatoms. The Morgan fingerprint density at radius 3 is 2.79 bits per heavy atom. The van der Waals surface area contributed by atoms with Crippen molar-refractivity contribution in [3.8, 4) is 0 Å². The lowest BCUT2D eigenvalue weighted by Gasteiger charge is -2.28. The summed E-state index contributed by atoms with van der Waals surface area (Å²) in [6.07, 6.45) is -2.07. The molecule has 1 saturated heterocycles. The number of benzene rings is 2. The number of rotatable bonds is 8. The summed E-state index contributed by atoms with van der Waals surface area (Å²) in [5.74, 6) is -1.45. The number of likely N-dealkylation sites (tertiary alicyclic amines) is 1. The molecule has 0 saturated carbocycles. The van der Waals surface area contributed by atoms with Crippen LogP contribution in [0.25, 0.3) is 0 Å². The Kier molecular flexibility index (Phi) is 7.90. The van der Waals surface area contributed by atoms with Crippen LogP contribution >= 0.6 is 22.9 Å². The fourth-order valence-electron chi connectivity index (χ4n) is 5.20. The highest BCUT2D eigenvalue weighted by molar-refractivity contribution is 7.10. The van der Waals surface area contributed by atoms with Crippen molar-refractivity contribution in [3.05, 3.63) is 81.0 Å². The van der Waals surface area contributed by atoms with E-state index in [1.165, 1.54) is 16.2 Å². The Balaban J connectivity index is 1.15. The number of aliphatic hydroxyl groups is 2. The zero-order chi connectivity index (χ0) is 26.8. The average molecular weight is 555 g/mol. The minimum Gasteiger partial charge on any atom is -0.380 e. The van der Waals surface area contributed by atoms with Gasteiger partial charge in [0.05, 0.1) is 30.1 Å². The van der Waals surface area contributed by atoms with Crippen molar-refractivity contribution in [2.75, 3.05) is 16.8 Å². The minimum absolute atomic E-state index is 0.165. The number of hydrogen-bond donors (Lipinski definition) is 4. The molecule has 2 amide bonds. The molecule has 2 aromatic carbocycles. The first-order valence-electron chi connectivity index (χ1n) is 12.7. The lowest BCUT2D eigenvalue weighted by Crippen LogP contribution is -2.50. The van der Waals surface area contributed by atoms with Crippen LogP contribution in [-0.4, -0.2) is 51.8 Å². The summed E-state index contributed by atoms with van der Waals surface area (Å²) < 4.78 is 0. The quantitative estimate of drug-likeness (QED) is 0.337. The third-order valence-corrected chi connectivity index (χ3v) is 8.35. The number of halogens is 1. The van der Waals surface area contributed by atoms with Gasteiger partial charge in [-0.25, -0.2) is 0 Å². The van der Waals surface area contributed by atoms with Crippen LogP contribution in [0.1, 0.15) is 41.8 Å². The van der Waals surface area contributed by atoms with Crippen molar-refractivity contribution in [3.63, 3.8) is 0 Å². The maximum Gasteiger partial charge on any atom is 0.255 e. The van der Waals surface area contributed by atoms with Crippen molar-refractivity contribution in [2.45, 2.75) is 57.3 Å². The van der Waals surface area contributed by atoms with E-state index in [1.807, 2.05) is 35.7 Å². The second kappa shape index (κ2) is 11.3. The molecule has 0 radical (unpaired) electrons. The van der Waals surface area contributed by atoms with Crippen LogP contribution in [0.3, 0.4) is 0 Å². The standard InChI is InChI=1S/C28H31ClN4O4S/c1-17-31-22-8-2-3-9-24(22)33(17)15-18-12-21(38-16-18)14-30-27(36)25(34)26(35)28(37)32-11-5-10-23(32)19-6-4-7-20(29)13-19/h2-4,6-9,12-13,16-17,23,25-26,31,34-35H,5,10-11,14-15H2,1H3,(H,30,36)/t17?,23-,25-,26-/m1/s1. The minimum atomic E-state index is -1.87. The number of aliphatic hydroxyl groups excluding tert-OH is 2. The van der Waals surface area contributed by atoms with Gasteiger partial charge in [0.15, 0.2) is 12.2 Å². The molecule has 4 atom stereocenters. The molecule has 0 spiro atoms. The van der Waals surface area contributed by atoms with Crippen molar-refractivity contribution >= 4 is 46.1 Å². The monoisotopic (exact) mass is 554 g/mol. The molecule has 5 rings (SSSR count). The van der Waals surface area contributed by atoms with Gasteiger partial charge in [0, 0.05) is 23.0 Å². The number of fused-ring (bicyclic) bond motifs is 1. The fraction of sp³-hybridized carbons (Fsp3) is 0.357. The van der Waals surface area contributed by atoms with Gasteiger partial charge in [-0.2, -0.15) is 0 Å². The summed E-state index contributed by atoms with van der Waals surface area (Å²) in [4.78, 5) is 30.3.